The molecule has 0 aliphatic carbocycles. The highest BCUT2D eigenvalue weighted by molar-refractivity contribution is 9.10. The molecule has 1 heterocycles. The molecule has 96 valence electrons. The van der Waals surface area contributed by atoms with E-state index in [1.807, 2.05) is 13.8 Å². The van der Waals surface area contributed by atoms with Crippen LogP contribution in [0.3, 0.4) is 0 Å². The molecule has 0 atom stereocenters. The summed E-state index contributed by atoms with van der Waals surface area (Å²) >= 11 is 4.68. The topological polar surface area (TPSA) is 38.9 Å². The molecule has 0 saturated heterocycles. The minimum atomic E-state index is -0.230. The Morgan fingerprint density at radius 1 is 1.44 bits per heavy atom. The highest BCUT2D eigenvalue weighted by atomic mass is 79.9. The molecule has 0 aliphatic heterocycles. The first-order valence-electron chi connectivity index (χ1n) is 5.69. The summed E-state index contributed by atoms with van der Waals surface area (Å²) in [6.45, 7) is 4.03. The summed E-state index contributed by atoms with van der Waals surface area (Å²) in [4.78, 5) is 5.41. The Balaban J connectivity index is 2.36. The van der Waals surface area contributed by atoms with E-state index in [9.17, 15) is 4.39 Å². The molecule has 0 bridgehead atoms. The predicted octanol–water partition coefficient (Wildman–Crippen LogP) is 4.09. The first-order chi connectivity index (χ1) is 8.51. The first-order valence-corrected chi connectivity index (χ1v) is 7.30. The van der Waals surface area contributed by atoms with E-state index in [0.29, 0.717) is 16.0 Å². The molecule has 2 aromatic rings. The summed E-state index contributed by atoms with van der Waals surface area (Å²) in [5, 5.41) is 0.581. The number of hydrogen-bond donors (Lipinski definition) is 1. The maximum absolute atomic E-state index is 13.6. The highest BCUT2D eigenvalue weighted by Crippen LogP contribution is 2.27. The van der Waals surface area contributed by atoms with Crippen molar-refractivity contribution in [3.8, 4) is 0 Å². The van der Waals surface area contributed by atoms with E-state index in [4.69, 9.17) is 5.73 Å². The molecule has 2 rings (SSSR count). The van der Waals surface area contributed by atoms with Gasteiger partial charge in [0.2, 0.25) is 0 Å². The second-order valence-corrected chi connectivity index (χ2v) is 6.11. The number of nitrogens with zero attached hydrogens (tertiary/aromatic N) is 1. The molecule has 0 amide bonds. The third kappa shape index (κ3) is 2.72. The van der Waals surface area contributed by atoms with Gasteiger partial charge in [-0.25, -0.2) is 9.37 Å². The molecule has 0 spiro atoms. The van der Waals surface area contributed by atoms with Gasteiger partial charge in [-0.3, -0.25) is 0 Å². The van der Waals surface area contributed by atoms with Crippen LogP contribution < -0.4 is 5.73 Å². The third-order valence-electron chi connectivity index (χ3n) is 2.86. The first kappa shape index (κ1) is 13.5. The molecular weight excluding hydrogens is 315 g/mol. The number of anilines is 1. The number of thiazole rings is 1. The van der Waals surface area contributed by atoms with E-state index in [2.05, 4.69) is 20.9 Å². The zero-order valence-electron chi connectivity index (χ0n) is 10.3. The van der Waals surface area contributed by atoms with E-state index in [1.54, 1.807) is 12.1 Å². The summed E-state index contributed by atoms with van der Waals surface area (Å²) in [5.41, 5.74) is 8.79. The van der Waals surface area contributed by atoms with Gasteiger partial charge in [-0.05, 0) is 52.5 Å². The van der Waals surface area contributed by atoms with Gasteiger partial charge in [-0.1, -0.05) is 6.92 Å². The molecule has 2 nitrogen and oxygen atoms in total. The van der Waals surface area contributed by atoms with E-state index in [1.165, 1.54) is 11.3 Å². The van der Waals surface area contributed by atoms with Gasteiger partial charge in [-0.2, -0.15) is 0 Å². The lowest BCUT2D eigenvalue weighted by atomic mass is 10.0. The molecule has 1 aromatic carbocycles. The van der Waals surface area contributed by atoms with Crippen LogP contribution in [0.2, 0.25) is 0 Å². The molecule has 0 saturated carbocycles. The van der Waals surface area contributed by atoms with Crippen molar-refractivity contribution in [3.05, 3.63) is 44.1 Å². The fourth-order valence-corrected chi connectivity index (χ4v) is 3.27. The Kier molecular flexibility index (Phi) is 4.02. The van der Waals surface area contributed by atoms with Crippen LogP contribution in [-0.2, 0) is 12.8 Å². The zero-order valence-corrected chi connectivity index (χ0v) is 12.7. The number of aryl methyl sites for hydroxylation is 2. The highest BCUT2D eigenvalue weighted by Gasteiger charge is 2.12. The summed E-state index contributed by atoms with van der Waals surface area (Å²) in [5.74, 6) is -0.230. The quantitative estimate of drug-likeness (QED) is 0.921. The molecule has 18 heavy (non-hydrogen) atoms. The number of benzene rings is 1. The molecule has 1 aromatic heterocycles. The standard InChI is InChI=1S/C13H14BrFN2S/c1-3-11-12(18-13(16)17-11)6-8-5-10(15)9(14)4-7(8)2/h4-5H,3,6H2,1-2H3,(H2,16,17). The van der Waals surface area contributed by atoms with Crippen LogP contribution >= 0.6 is 27.3 Å². The average molecular weight is 329 g/mol. The van der Waals surface area contributed by atoms with E-state index in [0.717, 1.165) is 28.1 Å². The Morgan fingerprint density at radius 3 is 2.83 bits per heavy atom. The second kappa shape index (κ2) is 5.36. The van der Waals surface area contributed by atoms with Gasteiger partial charge in [0, 0.05) is 11.3 Å². The second-order valence-electron chi connectivity index (χ2n) is 4.15. The minimum absolute atomic E-state index is 0.230. The van der Waals surface area contributed by atoms with Crippen molar-refractivity contribution in [3.63, 3.8) is 0 Å². The number of nitrogens with two attached hydrogens (primary N) is 1. The summed E-state index contributed by atoms with van der Waals surface area (Å²) < 4.78 is 14.1. The maximum atomic E-state index is 13.6. The van der Waals surface area contributed by atoms with Crippen LogP contribution in [0.5, 0.6) is 0 Å². The van der Waals surface area contributed by atoms with Gasteiger partial charge in [0.15, 0.2) is 5.13 Å². The van der Waals surface area contributed by atoms with Gasteiger partial charge in [0.1, 0.15) is 5.82 Å². The molecule has 0 unspecified atom stereocenters. The number of hydrogen-bond acceptors (Lipinski definition) is 3. The zero-order chi connectivity index (χ0) is 13.3. The number of nitrogen functional groups attached to an aromatic ring is 1. The molecule has 5 heteroatoms. The van der Waals surface area contributed by atoms with Gasteiger partial charge < -0.3 is 5.73 Å². The molecule has 0 aliphatic rings. The van der Waals surface area contributed by atoms with Crippen LogP contribution in [0, 0.1) is 12.7 Å². The smallest absolute Gasteiger partial charge is 0.180 e. The van der Waals surface area contributed by atoms with Crippen molar-refractivity contribution in [1.29, 1.82) is 0 Å². The molecule has 2 N–H and O–H groups in total. The monoisotopic (exact) mass is 328 g/mol. The Hall–Kier alpha value is -0.940. The number of rotatable bonds is 3. The normalized spacial score (nSPS) is 10.9. The van der Waals surface area contributed by atoms with Gasteiger partial charge in [0.25, 0.3) is 0 Å². The lowest BCUT2D eigenvalue weighted by Gasteiger charge is -2.07. The molecule has 0 radical (unpaired) electrons. The van der Waals surface area contributed by atoms with E-state index in [-0.39, 0.29) is 5.82 Å². The van der Waals surface area contributed by atoms with Crippen molar-refractivity contribution < 1.29 is 4.39 Å². The summed E-state index contributed by atoms with van der Waals surface area (Å²) in [7, 11) is 0. The van der Waals surface area contributed by atoms with Crippen molar-refractivity contribution in [2.75, 3.05) is 5.73 Å². The fourth-order valence-electron chi connectivity index (χ4n) is 1.87. The van der Waals surface area contributed by atoms with Crippen molar-refractivity contribution in [2.24, 2.45) is 0 Å². The van der Waals surface area contributed by atoms with E-state index >= 15 is 0 Å². The minimum Gasteiger partial charge on any atom is -0.375 e. The average Bonchev–Trinajstić information content (AvgIpc) is 2.66. The Labute approximate surface area is 118 Å². The lowest BCUT2D eigenvalue weighted by molar-refractivity contribution is 0.618. The number of aromatic nitrogens is 1. The van der Waals surface area contributed by atoms with Gasteiger partial charge >= 0.3 is 0 Å². The number of halogens is 2. The van der Waals surface area contributed by atoms with Gasteiger partial charge in [-0.15, -0.1) is 11.3 Å². The Bertz CT molecular complexity index is 581. The van der Waals surface area contributed by atoms with E-state index < -0.39 is 0 Å². The van der Waals surface area contributed by atoms with Crippen molar-refractivity contribution in [1.82, 2.24) is 4.98 Å². The van der Waals surface area contributed by atoms with Crippen LogP contribution in [0.15, 0.2) is 16.6 Å². The molecular formula is C13H14BrFN2S. The van der Waals surface area contributed by atoms with Crippen molar-refractivity contribution in [2.45, 2.75) is 26.7 Å². The van der Waals surface area contributed by atoms with Crippen molar-refractivity contribution >= 4 is 32.4 Å². The maximum Gasteiger partial charge on any atom is 0.180 e. The molecule has 0 fully saturated rings. The third-order valence-corrected chi connectivity index (χ3v) is 4.39. The Morgan fingerprint density at radius 2 is 2.17 bits per heavy atom. The van der Waals surface area contributed by atoms with Crippen LogP contribution in [0.4, 0.5) is 9.52 Å². The lowest BCUT2D eigenvalue weighted by Crippen LogP contribution is -1.95. The fraction of sp³-hybridized carbons (Fsp3) is 0.308. The summed E-state index contributed by atoms with van der Waals surface area (Å²) in [6.07, 6.45) is 1.54. The predicted molar refractivity (Wildman–Crippen MR) is 77.5 cm³/mol. The van der Waals surface area contributed by atoms with Crippen LogP contribution in [0.1, 0.15) is 28.6 Å². The summed E-state index contributed by atoms with van der Waals surface area (Å²) in [6, 6.07) is 3.38. The van der Waals surface area contributed by atoms with Crippen LogP contribution in [0.25, 0.3) is 0 Å². The van der Waals surface area contributed by atoms with Gasteiger partial charge in [0.05, 0.1) is 10.2 Å². The largest absolute Gasteiger partial charge is 0.375 e. The SMILES string of the molecule is CCc1nc(N)sc1Cc1cc(F)c(Br)cc1C. The van der Waals surface area contributed by atoms with Crippen LogP contribution in [-0.4, -0.2) is 4.98 Å².